The molecule has 1 unspecified atom stereocenters. The zero-order valence-corrected chi connectivity index (χ0v) is 6.96. The van der Waals surface area contributed by atoms with Crippen molar-refractivity contribution < 1.29 is 18.5 Å². The molecule has 2 fully saturated rings. The zero-order valence-electron chi connectivity index (χ0n) is 6.06. The fourth-order valence-corrected chi connectivity index (χ4v) is 2.76. The molecule has 0 N–H and O–H groups in total. The lowest BCUT2D eigenvalue weighted by Gasteiger charge is -2.35. The van der Waals surface area contributed by atoms with Gasteiger partial charge in [-0.2, -0.15) is 0 Å². The van der Waals surface area contributed by atoms with Crippen LogP contribution in [-0.4, -0.2) is 12.7 Å². The highest BCUT2D eigenvalue weighted by Gasteiger charge is 2.36. The summed E-state index contributed by atoms with van der Waals surface area (Å²) in [6.45, 7) is 0.325. The lowest BCUT2D eigenvalue weighted by Crippen LogP contribution is -2.30. The second kappa shape index (κ2) is 2.56. The molecule has 2 rings (SSSR count). The summed E-state index contributed by atoms with van der Waals surface area (Å²) in [6, 6.07) is 0. The third-order valence-electron chi connectivity index (χ3n) is 2.30. The van der Waals surface area contributed by atoms with Crippen molar-refractivity contribution >= 4 is 7.82 Å². The minimum atomic E-state index is -3.91. The summed E-state index contributed by atoms with van der Waals surface area (Å²) in [5.74, 6) is 0.311. The van der Waals surface area contributed by atoms with E-state index in [0.717, 1.165) is 19.3 Å². The fraction of sp³-hybridized carbons (Fsp3) is 1.00. The second-order valence-corrected chi connectivity index (χ2v) is 4.44. The van der Waals surface area contributed by atoms with Gasteiger partial charge in [0.15, 0.2) is 0 Å². The Hall–Kier alpha value is 0.110. The highest BCUT2D eigenvalue weighted by molar-refractivity contribution is 7.45. The Morgan fingerprint density at radius 1 is 1.45 bits per heavy atom. The molecule has 0 bridgehead atoms. The molecule has 1 heterocycles. The summed E-state index contributed by atoms with van der Waals surface area (Å²) in [7, 11) is -3.91. The lowest BCUT2D eigenvalue weighted by molar-refractivity contribution is -0.240. The Morgan fingerprint density at radius 2 is 2.27 bits per heavy atom. The molecule has 1 saturated heterocycles. The van der Waals surface area contributed by atoms with Gasteiger partial charge in [-0.3, -0.25) is 4.57 Å². The van der Waals surface area contributed by atoms with Crippen LogP contribution >= 0.6 is 7.82 Å². The first-order valence-corrected chi connectivity index (χ1v) is 5.27. The predicted molar refractivity (Wildman–Crippen MR) is 35.8 cm³/mol. The van der Waals surface area contributed by atoms with Crippen LogP contribution < -0.4 is 4.89 Å². The van der Waals surface area contributed by atoms with Gasteiger partial charge in [0.1, 0.15) is 0 Å². The molecular weight excluding hydrogens is 167 g/mol. The number of phosphoric acid groups is 1. The minimum Gasteiger partial charge on any atom is -0.756 e. The lowest BCUT2D eigenvalue weighted by atomic mass is 10.1. The molecule has 3 atom stereocenters. The molecule has 0 aromatic heterocycles. The van der Waals surface area contributed by atoms with Crippen molar-refractivity contribution in [3.8, 4) is 0 Å². The van der Waals surface area contributed by atoms with E-state index in [1.165, 1.54) is 0 Å². The van der Waals surface area contributed by atoms with Crippen LogP contribution in [0, 0.1) is 5.92 Å². The summed E-state index contributed by atoms with van der Waals surface area (Å²) in [4.78, 5) is 10.8. The van der Waals surface area contributed by atoms with Crippen LogP contribution in [-0.2, 0) is 13.6 Å². The summed E-state index contributed by atoms with van der Waals surface area (Å²) in [5.41, 5.74) is 0. The normalized spacial score (nSPS) is 50.6. The molecule has 1 saturated carbocycles. The van der Waals surface area contributed by atoms with E-state index in [1.54, 1.807) is 0 Å². The third kappa shape index (κ3) is 1.49. The smallest absolute Gasteiger partial charge is 0.268 e. The van der Waals surface area contributed by atoms with E-state index >= 15 is 0 Å². The Labute approximate surface area is 65.1 Å². The predicted octanol–water partition coefficient (Wildman–Crippen LogP) is 0.670. The SMILES string of the molecule is O=P1([O-])OC[C@H]2CCC[C@H]2O1. The molecule has 0 radical (unpaired) electrons. The van der Waals surface area contributed by atoms with Gasteiger partial charge in [-0.1, -0.05) is 6.42 Å². The number of hydrogen-bond acceptors (Lipinski definition) is 4. The molecule has 0 aromatic carbocycles. The standard InChI is InChI=1S/C6H11O4P/c7-11(8)9-4-5-2-1-3-6(5)10-11/h5-6H,1-4H2,(H,7,8)/p-1/t5-,6-/m1/s1. The summed E-state index contributed by atoms with van der Waals surface area (Å²) in [5, 5.41) is 0. The van der Waals surface area contributed by atoms with E-state index in [-0.39, 0.29) is 6.10 Å². The molecule has 0 spiro atoms. The molecule has 5 heteroatoms. The van der Waals surface area contributed by atoms with Crippen molar-refractivity contribution in [2.24, 2.45) is 5.92 Å². The van der Waals surface area contributed by atoms with Gasteiger partial charge in [0.2, 0.25) is 0 Å². The number of rotatable bonds is 0. The quantitative estimate of drug-likeness (QED) is 0.510. The van der Waals surface area contributed by atoms with Gasteiger partial charge in [0.25, 0.3) is 7.82 Å². The molecular formula is C6H10O4P-. The molecule has 0 amide bonds. The van der Waals surface area contributed by atoms with Crippen LogP contribution in [0.1, 0.15) is 19.3 Å². The summed E-state index contributed by atoms with van der Waals surface area (Å²) in [6.07, 6.45) is 2.86. The fourth-order valence-electron chi connectivity index (χ4n) is 1.72. The van der Waals surface area contributed by atoms with E-state index in [1.807, 2.05) is 0 Å². The van der Waals surface area contributed by atoms with Gasteiger partial charge in [0, 0.05) is 5.92 Å². The number of hydrogen-bond donors (Lipinski definition) is 0. The van der Waals surface area contributed by atoms with Crippen molar-refractivity contribution in [2.75, 3.05) is 6.61 Å². The van der Waals surface area contributed by atoms with E-state index in [4.69, 9.17) is 4.52 Å². The van der Waals surface area contributed by atoms with Crippen LogP contribution in [0.15, 0.2) is 0 Å². The van der Waals surface area contributed by atoms with Crippen LogP contribution in [0.5, 0.6) is 0 Å². The van der Waals surface area contributed by atoms with E-state index < -0.39 is 7.82 Å². The summed E-state index contributed by atoms with van der Waals surface area (Å²) >= 11 is 0. The maximum Gasteiger partial charge on any atom is 0.268 e. The molecule has 2 aliphatic rings. The van der Waals surface area contributed by atoms with Gasteiger partial charge in [-0.05, 0) is 12.8 Å². The van der Waals surface area contributed by atoms with Crippen molar-refractivity contribution in [3.63, 3.8) is 0 Å². The average Bonchev–Trinajstić information content (AvgIpc) is 2.31. The molecule has 4 nitrogen and oxygen atoms in total. The molecule has 1 aliphatic carbocycles. The molecule has 1 aliphatic heterocycles. The van der Waals surface area contributed by atoms with Crippen molar-refractivity contribution in [2.45, 2.75) is 25.4 Å². The average molecular weight is 177 g/mol. The van der Waals surface area contributed by atoms with Gasteiger partial charge in [-0.15, -0.1) is 0 Å². The van der Waals surface area contributed by atoms with E-state index in [0.29, 0.717) is 12.5 Å². The second-order valence-electron chi connectivity index (χ2n) is 3.08. The third-order valence-corrected chi connectivity index (χ3v) is 3.29. The van der Waals surface area contributed by atoms with Gasteiger partial charge in [0.05, 0.1) is 12.7 Å². The van der Waals surface area contributed by atoms with Crippen LogP contribution in [0.2, 0.25) is 0 Å². The Bertz CT molecular complexity index is 205. The molecule has 64 valence electrons. The highest BCUT2D eigenvalue weighted by Crippen LogP contribution is 2.49. The number of fused-ring (bicyclic) bond motifs is 1. The van der Waals surface area contributed by atoms with Crippen molar-refractivity contribution in [1.82, 2.24) is 0 Å². The van der Waals surface area contributed by atoms with Crippen LogP contribution in [0.4, 0.5) is 0 Å². The maximum absolute atomic E-state index is 10.8. The van der Waals surface area contributed by atoms with Gasteiger partial charge >= 0.3 is 0 Å². The highest BCUT2D eigenvalue weighted by atomic mass is 31.2. The van der Waals surface area contributed by atoms with E-state index in [2.05, 4.69) is 4.52 Å². The van der Waals surface area contributed by atoms with Crippen molar-refractivity contribution in [3.05, 3.63) is 0 Å². The minimum absolute atomic E-state index is 0.0907. The van der Waals surface area contributed by atoms with Crippen LogP contribution in [0.3, 0.4) is 0 Å². The first-order chi connectivity index (χ1) is 5.17. The van der Waals surface area contributed by atoms with Crippen LogP contribution in [0.25, 0.3) is 0 Å². The molecule has 0 aromatic rings. The van der Waals surface area contributed by atoms with E-state index in [9.17, 15) is 9.46 Å². The maximum atomic E-state index is 10.8. The zero-order chi connectivity index (χ0) is 7.90. The molecule has 11 heavy (non-hydrogen) atoms. The first kappa shape index (κ1) is 7.74. The van der Waals surface area contributed by atoms with Gasteiger partial charge < -0.3 is 13.9 Å². The number of phosphoric ester groups is 1. The topological polar surface area (TPSA) is 58.6 Å². The Balaban J connectivity index is 2.08. The Morgan fingerprint density at radius 3 is 3.09 bits per heavy atom. The van der Waals surface area contributed by atoms with Crippen molar-refractivity contribution in [1.29, 1.82) is 0 Å². The largest absolute Gasteiger partial charge is 0.756 e. The first-order valence-electron chi connectivity index (χ1n) is 3.81. The summed E-state index contributed by atoms with van der Waals surface area (Å²) < 4.78 is 20.1. The van der Waals surface area contributed by atoms with Gasteiger partial charge in [-0.25, -0.2) is 0 Å². The Kier molecular flexibility index (Phi) is 1.80. The monoisotopic (exact) mass is 177 g/mol.